The maximum absolute atomic E-state index is 13.4. The van der Waals surface area contributed by atoms with Crippen molar-refractivity contribution in [1.82, 2.24) is 5.32 Å². The van der Waals surface area contributed by atoms with E-state index in [0.29, 0.717) is 28.1 Å². The zero-order chi connectivity index (χ0) is 15.2. The van der Waals surface area contributed by atoms with E-state index >= 15 is 0 Å². The molecule has 0 bridgehead atoms. The van der Waals surface area contributed by atoms with E-state index in [1.54, 1.807) is 24.3 Å². The average Bonchev–Trinajstić information content (AvgIpc) is 2.41. The summed E-state index contributed by atoms with van der Waals surface area (Å²) in [5, 5.41) is 4.21. The van der Waals surface area contributed by atoms with Crippen molar-refractivity contribution in [3.05, 3.63) is 57.8 Å². The molecule has 0 radical (unpaired) electrons. The van der Waals surface area contributed by atoms with E-state index < -0.39 is 0 Å². The Hall–Kier alpha value is -1.29. The van der Waals surface area contributed by atoms with Crippen molar-refractivity contribution in [3.8, 4) is 11.5 Å². The van der Waals surface area contributed by atoms with Crippen LogP contribution in [0.15, 0.2) is 36.4 Å². The van der Waals surface area contributed by atoms with Gasteiger partial charge in [0.25, 0.3) is 0 Å². The summed E-state index contributed by atoms with van der Waals surface area (Å²) >= 11 is 11.9. The highest BCUT2D eigenvalue weighted by Gasteiger charge is 2.08. The highest BCUT2D eigenvalue weighted by molar-refractivity contribution is 6.34. The Kier molecular flexibility index (Phi) is 5.85. The molecule has 1 N–H and O–H groups in total. The van der Waals surface area contributed by atoms with Crippen LogP contribution in [0.4, 0.5) is 4.39 Å². The van der Waals surface area contributed by atoms with E-state index in [1.165, 1.54) is 12.1 Å². The molecule has 0 fully saturated rings. The van der Waals surface area contributed by atoms with E-state index in [2.05, 4.69) is 12.2 Å². The Bertz CT molecular complexity index is 599. The lowest BCUT2D eigenvalue weighted by Crippen LogP contribution is -2.14. The normalized spacial score (nSPS) is 10.7. The van der Waals surface area contributed by atoms with Gasteiger partial charge >= 0.3 is 0 Å². The first-order chi connectivity index (χ1) is 10.1. The standard InChI is InChI=1S/C16H16Cl2FNO/c1-2-5-20-10-11-6-14(19)3-4-16(11)21-15-8-12(17)7-13(18)9-15/h3-4,6-9,20H,2,5,10H2,1H3. The topological polar surface area (TPSA) is 21.3 Å². The van der Waals surface area contributed by atoms with Crippen LogP contribution in [-0.2, 0) is 6.54 Å². The van der Waals surface area contributed by atoms with Gasteiger partial charge in [-0.3, -0.25) is 0 Å². The van der Waals surface area contributed by atoms with Crippen LogP contribution >= 0.6 is 23.2 Å². The van der Waals surface area contributed by atoms with Crippen LogP contribution in [0.1, 0.15) is 18.9 Å². The minimum atomic E-state index is -0.292. The van der Waals surface area contributed by atoms with E-state index in [-0.39, 0.29) is 5.82 Å². The van der Waals surface area contributed by atoms with Crippen LogP contribution < -0.4 is 10.1 Å². The van der Waals surface area contributed by atoms with Crippen molar-refractivity contribution in [2.75, 3.05) is 6.54 Å². The number of hydrogen-bond donors (Lipinski definition) is 1. The Morgan fingerprint density at radius 3 is 2.48 bits per heavy atom. The lowest BCUT2D eigenvalue weighted by molar-refractivity contribution is 0.470. The van der Waals surface area contributed by atoms with Crippen molar-refractivity contribution in [2.24, 2.45) is 0 Å². The van der Waals surface area contributed by atoms with Gasteiger partial charge in [0, 0.05) is 22.2 Å². The zero-order valence-electron chi connectivity index (χ0n) is 11.6. The van der Waals surface area contributed by atoms with Crippen molar-refractivity contribution in [1.29, 1.82) is 0 Å². The summed E-state index contributed by atoms with van der Waals surface area (Å²) in [6, 6.07) is 9.40. The molecule has 0 aromatic heterocycles. The SMILES string of the molecule is CCCNCc1cc(F)ccc1Oc1cc(Cl)cc(Cl)c1. The van der Waals surface area contributed by atoms with E-state index in [4.69, 9.17) is 27.9 Å². The molecule has 0 aliphatic carbocycles. The van der Waals surface area contributed by atoms with Crippen LogP contribution in [0, 0.1) is 5.82 Å². The quantitative estimate of drug-likeness (QED) is 0.715. The number of hydrogen-bond acceptors (Lipinski definition) is 2. The van der Waals surface area contributed by atoms with E-state index in [1.807, 2.05) is 0 Å². The molecule has 0 saturated heterocycles. The van der Waals surface area contributed by atoms with E-state index in [9.17, 15) is 4.39 Å². The number of ether oxygens (including phenoxy) is 1. The van der Waals surface area contributed by atoms with Gasteiger partial charge in [-0.1, -0.05) is 30.1 Å². The Morgan fingerprint density at radius 2 is 1.81 bits per heavy atom. The molecular formula is C16H16Cl2FNO. The van der Waals surface area contributed by atoms with Gasteiger partial charge in [0.15, 0.2) is 0 Å². The molecule has 2 nitrogen and oxygen atoms in total. The molecule has 0 atom stereocenters. The van der Waals surface area contributed by atoms with Gasteiger partial charge in [-0.25, -0.2) is 4.39 Å². The summed E-state index contributed by atoms with van der Waals surface area (Å²) in [7, 11) is 0. The summed E-state index contributed by atoms with van der Waals surface area (Å²) in [5.74, 6) is 0.814. The summed E-state index contributed by atoms with van der Waals surface area (Å²) in [5.41, 5.74) is 0.750. The molecule has 5 heteroatoms. The first-order valence-corrected chi connectivity index (χ1v) is 7.47. The Balaban J connectivity index is 2.21. The van der Waals surface area contributed by atoms with Gasteiger partial charge in [-0.15, -0.1) is 0 Å². The first-order valence-electron chi connectivity index (χ1n) is 6.71. The van der Waals surface area contributed by atoms with E-state index in [0.717, 1.165) is 18.5 Å². The molecule has 2 rings (SSSR count). The van der Waals surface area contributed by atoms with Gasteiger partial charge in [-0.2, -0.15) is 0 Å². The fourth-order valence-electron chi connectivity index (χ4n) is 1.90. The monoisotopic (exact) mass is 327 g/mol. The lowest BCUT2D eigenvalue weighted by Gasteiger charge is -2.12. The molecule has 21 heavy (non-hydrogen) atoms. The van der Waals surface area contributed by atoms with Crippen LogP contribution in [0.3, 0.4) is 0 Å². The molecule has 112 valence electrons. The van der Waals surface area contributed by atoms with Gasteiger partial charge in [0.1, 0.15) is 17.3 Å². The molecule has 0 saturated carbocycles. The van der Waals surface area contributed by atoms with Gasteiger partial charge in [0.05, 0.1) is 0 Å². The Labute approximate surface area is 133 Å². The number of nitrogens with one attached hydrogen (secondary N) is 1. The predicted molar refractivity (Wildman–Crippen MR) is 84.9 cm³/mol. The fourth-order valence-corrected chi connectivity index (χ4v) is 2.41. The van der Waals surface area contributed by atoms with Crippen LogP contribution in [0.25, 0.3) is 0 Å². The molecule has 0 unspecified atom stereocenters. The third-order valence-electron chi connectivity index (χ3n) is 2.83. The lowest BCUT2D eigenvalue weighted by atomic mass is 10.2. The molecule has 0 spiro atoms. The summed E-state index contributed by atoms with van der Waals surface area (Å²) in [6.07, 6.45) is 1.01. The number of halogens is 3. The second-order valence-electron chi connectivity index (χ2n) is 4.64. The molecule has 0 aliphatic heterocycles. The van der Waals surface area contributed by atoms with Gasteiger partial charge < -0.3 is 10.1 Å². The largest absolute Gasteiger partial charge is 0.457 e. The predicted octanol–water partition coefficient (Wildman–Crippen LogP) is 5.42. The molecular weight excluding hydrogens is 312 g/mol. The first kappa shape index (κ1) is 16.1. The second-order valence-corrected chi connectivity index (χ2v) is 5.51. The molecule has 0 heterocycles. The maximum Gasteiger partial charge on any atom is 0.132 e. The molecule has 2 aromatic carbocycles. The minimum absolute atomic E-state index is 0.292. The molecule has 2 aromatic rings. The van der Waals surface area contributed by atoms with Crippen LogP contribution in [0.2, 0.25) is 10.0 Å². The fraction of sp³-hybridized carbons (Fsp3) is 0.250. The number of rotatable bonds is 6. The van der Waals surface area contributed by atoms with Crippen molar-refractivity contribution < 1.29 is 9.13 Å². The summed E-state index contributed by atoms with van der Waals surface area (Å²) in [4.78, 5) is 0. The summed E-state index contributed by atoms with van der Waals surface area (Å²) < 4.78 is 19.2. The average molecular weight is 328 g/mol. The van der Waals surface area contributed by atoms with Crippen molar-refractivity contribution in [2.45, 2.75) is 19.9 Å². The molecule has 0 amide bonds. The van der Waals surface area contributed by atoms with Crippen LogP contribution in [-0.4, -0.2) is 6.54 Å². The number of benzene rings is 2. The smallest absolute Gasteiger partial charge is 0.132 e. The molecule has 0 aliphatic rings. The van der Waals surface area contributed by atoms with Crippen LogP contribution in [0.5, 0.6) is 11.5 Å². The third kappa shape index (κ3) is 4.88. The Morgan fingerprint density at radius 1 is 1.10 bits per heavy atom. The third-order valence-corrected chi connectivity index (χ3v) is 3.27. The van der Waals surface area contributed by atoms with Gasteiger partial charge in [0.2, 0.25) is 0 Å². The summed E-state index contributed by atoms with van der Waals surface area (Å²) in [6.45, 7) is 3.47. The van der Waals surface area contributed by atoms with Crippen molar-refractivity contribution in [3.63, 3.8) is 0 Å². The second kappa shape index (κ2) is 7.64. The maximum atomic E-state index is 13.4. The highest BCUT2D eigenvalue weighted by atomic mass is 35.5. The minimum Gasteiger partial charge on any atom is -0.457 e. The zero-order valence-corrected chi connectivity index (χ0v) is 13.1. The van der Waals surface area contributed by atoms with Gasteiger partial charge in [-0.05, 0) is 49.4 Å². The van der Waals surface area contributed by atoms with Crippen molar-refractivity contribution >= 4 is 23.2 Å². The highest BCUT2D eigenvalue weighted by Crippen LogP contribution is 2.30.